The van der Waals surface area contributed by atoms with E-state index in [4.69, 9.17) is 9.47 Å². The van der Waals surface area contributed by atoms with E-state index in [0.717, 1.165) is 57.3 Å². The Labute approximate surface area is 215 Å². The Morgan fingerprint density at radius 3 is 2.22 bits per heavy atom. The minimum Gasteiger partial charge on any atom is -0.454 e. The van der Waals surface area contributed by atoms with Crippen molar-refractivity contribution < 1.29 is 14.3 Å². The summed E-state index contributed by atoms with van der Waals surface area (Å²) in [7, 11) is 0. The molecule has 3 aliphatic rings. The molecule has 7 rings (SSSR count). The quantitative estimate of drug-likeness (QED) is 0.325. The molecule has 4 aromatic rings. The number of para-hydroxylation sites is 2. The molecule has 2 heterocycles. The first-order chi connectivity index (χ1) is 18.2. The van der Waals surface area contributed by atoms with E-state index in [1.54, 1.807) is 0 Å². The van der Waals surface area contributed by atoms with Gasteiger partial charge in [-0.05, 0) is 58.9 Å². The number of ether oxygens (including phenoxy) is 2. The summed E-state index contributed by atoms with van der Waals surface area (Å²) in [4.78, 5) is 13.8. The molecule has 1 aliphatic carbocycles. The molecule has 0 unspecified atom stereocenters. The van der Waals surface area contributed by atoms with Crippen LogP contribution in [0.25, 0.3) is 11.1 Å². The summed E-state index contributed by atoms with van der Waals surface area (Å²) < 4.78 is 11.1. The second-order valence-electron chi connectivity index (χ2n) is 9.77. The molecule has 0 fully saturated rings. The Bertz CT molecular complexity index is 1530. The molecule has 0 spiro atoms. The number of rotatable bonds is 3. The Morgan fingerprint density at radius 2 is 1.38 bits per heavy atom. The van der Waals surface area contributed by atoms with Crippen LogP contribution in [0.4, 0.5) is 11.4 Å². The van der Waals surface area contributed by atoms with Crippen molar-refractivity contribution in [2.45, 2.75) is 24.8 Å². The van der Waals surface area contributed by atoms with Gasteiger partial charge in [-0.2, -0.15) is 0 Å². The molecule has 0 saturated carbocycles. The second kappa shape index (κ2) is 8.86. The fraction of sp³-hybridized carbons (Fsp3) is 0.156. The van der Waals surface area contributed by atoms with Crippen molar-refractivity contribution in [3.63, 3.8) is 0 Å². The largest absolute Gasteiger partial charge is 0.454 e. The fourth-order valence-electron chi connectivity index (χ4n) is 5.64. The zero-order valence-electron chi connectivity index (χ0n) is 20.2. The highest BCUT2D eigenvalue weighted by atomic mass is 16.7. The van der Waals surface area contributed by atoms with Crippen LogP contribution in [-0.4, -0.2) is 12.6 Å². The van der Waals surface area contributed by atoms with E-state index in [9.17, 15) is 4.79 Å². The van der Waals surface area contributed by atoms with Gasteiger partial charge >= 0.3 is 0 Å². The molecular formula is C32H26N2O3. The highest BCUT2D eigenvalue weighted by Crippen LogP contribution is 2.45. The van der Waals surface area contributed by atoms with Gasteiger partial charge < -0.3 is 20.1 Å². The standard InChI is InChI=1S/C32H26N2O3/c35-28-17-24(23-14-15-29-30(18-23)37-19-36-29)16-27-31(28)32(34-26-9-5-4-8-25(26)33-27)22-12-10-21(11-13-22)20-6-2-1-3-7-20/h1-15,18,24,32-34H,16-17,19H2/t24-,32+/m0/s1. The van der Waals surface area contributed by atoms with E-state index in [2.05, 4.69) is 65.2 Å². The number of carbonyl (C=O) groups excluding carboxylic acids is 1. The summed E-state index contributed by atoms with van der Waals surface area (Å²) in [6.07, 6.45) is 1.20. The number of ketones is 1. The minimum atomic E-state index is -0.235. The molecule has 2 atom stereocenters. The molecule has 182 valence electrons. The number of allylic oxidation sites excluding steroid dienone is 1. The van der Waals surface area contributed by atoms with Crippen LogP contribution in [-0.2, 0) is 4.79 Å². The van der Waals surface area contributed by atoms with Gasteiger partial charge in [-0.1, -0.05) is 72.8 Å². The third-order valence-electron chi connectivity index (χ3n) is 7.53. The van der Waals surface area contributed by atoms with Gasteiger partial charge in [0.25, 0.3) is 0 Å². The zero-order valence-corrected chi connectivity index (χ0v) is 20.2. The van der Waals surface area contributed by atoms with Crippen LogP contribution < -0.4 is 20.1 Å². The van der Waals surface area contributed by atoms with Crippen LogP contribution in [0.3, 0.4) is 0 Å². The number of fused-ring (bicyclic) bond motifs is 2. The zero-order chi connectivity index (χ0) is 24.8. The second-order valence-corrected chi connectivity index (χ2v) is 9.77. The van der Waals surface area contributed by atoms with E-state index in [1.807, 2.05) is 42.5 Å². The van der Waals surface area contributed by atoms with Crippen LogP contribution in [0.15, 0.2) is 108 Å². The van der Waals surface area contributed by atoms with Gasteiger partial charge in [-0.25, -0.2) is 0 Å². The van der Waals surface area contributed by atoms with Crippen LogP contribution >= 0.6 is 0 Å². The van der Waals surface area contributed by atoms with Crippen LogP contribution in [0.1, 0.15) is 35.9 Å². The molecule has 0 amide bonds. The molecule has 5 heteroatoms. The number of Topliss-reactive ketones (excluding diaryl/α,β-unsaturated/α-hetero) is 1. The van der Waals surface area contributed by atoms with Gasteiger partial charge in [0, 0.05) is 17.7 Å². The third kappa shape index (κ3) is 3.93. The first kappa shape index (κ1) is 21.7. The van der Waals surface area contributed by atoms with Crippen molar-refractivity contribution in [2.75, 3.05) is 17.4 Å². The Balaban J connectivity index is 1.27. The molecule has 4 aromatic carbocycles. The van der Waals surface area contributed by atoms with Crippen molar-refractivity contribution >= 4 is 17.2 Å². The summed E-state index contributed by atoms with van der Waals surface area (Å²) in [5.41, 5.74) is 8.27. The first-order valence-corrected chi connectivity index (χ1v) is 12.7. The number of hydrogen-bond acceptors (Lipinski definition) is 5. The summed E-state index contributed by atoms with van der Waals surface area (Å²) in [5.74, 6) is 1.74. The lowest BCUT2D eigenvalue weighted by Gasteiger charge is -2.30. The van der Waals surface area contributed by atoms with Gasteiger partial charge in [0.1, 0.15) is 0 Å². The Hall–Kier alpha value is -4.51. The smallest absolute Gasteiger partial charge is 0.231 e. The van der Waals surface area contributed by atoms with E-state index in [1.165, 1.54) is 5.56 Å². The van der Waals surface area contributed by atoms with Gasteiger partial charge in [-0.15, -0.1) is 0 Å². The Morgan fingerprint density at radius 1 is 0.676 bits per heavy atom. The van der Waals surface area contributed by atoms with Crippen molar-refractivity contribution in [2.24, 2.45) is 0 Å². The third-order valence-corrected chi connectivity index (χ3v) is 7.53. The summed E-state index contributed by atoms with van der Waals surface area (Å²) in [5, 5.41) is 7.30. The summed E-state index contributed by atoms with van der Waals surface area (Å²) in [6, 6.07) is 32.8. The number of nitrogens with one attached hydrogen (secondary N) is 2. The van der Waals surface area contributed by atoms with Crippen molar-refractivity contribution in [3.8, 4) is 22.6 Å². The molecule has 0 saturated heterocycles. The molecule has 2 N–H and O–H groups in total. The van der Waals surface area contributed by atoms with E-state index < -0.39 is 0 Å². The maximum atomic E-state index is 13.8. The average Bonchev–Trinajstić information content (AvgIpc) is 3.34. The van der Waals surface area contributed by atoms with E-state index >= 15 is 0 Å². The number of carbonyl (C=O) groups is 1. The normalized spacial score (nSPS) is 19.8. The molecule has 5 nitrogen and oxygen atoms in total. The highest BCUT2D eigenvalue weighted by molar-refractivity contribution is 6.01. The lowest BCUT2D eigenvalue weighted by atomic mass is 9.78. The maximum absolute atomic E-state index is 13.8. The number of anilines is 2. The number of benzene rings is 4. The highest BCUT2D eigenvalue weighted by Gasteiger charge is 2.36. The molecule has 2 aliphatic heterocycles. The van der Waals surface area contributed by atoms with Gasteiger partial charge in [0.05, 0.1) is 17.4 Å². The molecule has 0 aromatic heterocycles. The lowest BCUT2D eigenvalue weighted by Crippen LogP contribution is -2.26. The number of hydrogen-bond donors (Lipinski definition) is 2. The van der Waals surface area contributed by atoms with Crippen molar-refractivity contribution in [1.29, 1.82) is 0 Å². The SMILES string of the molecule is O=C1C[C@@H](c2ccc3c(c2)OCO3)CC2=C1[C@@H](c1ccc(-c3ccccc3)cc1)Nc1ccccc1N2. The van der Waals surface area contributed by atoms with Crippen molar-refractivity contribution in [3.05, 3.63) is 119 Å². The topological polar surface area (TPSA) is 59.6 Å². The molecule has 0 radical (unpaired) electrons. The first-order valence-electron chi connectivity index (χ1n) is 12.7. The predicted molar refractivity (Wildman–Crippen MR) is 145 cm³/mol. The lowest BCUT2D eigenvalue weighted by molar-refractivity contribution is -0.116. The van der Waals surface area contributed by atoms with E-state index in [-0.39, 0.29) is 24.5 Å². The Kier molecular flexibility index (Phi) is 5.21. The van der Waals surface area contributed by atoms with Gasteiger partial charge in [0.2, 0.25) is 6.79 Å². The predicted octanol–water partition coefficient (Wildman–Crippen LogP) is 7.06. The van der Waals surface area contributed by atoms with Gasteiger partial charge in [-0.3, -0.25) is 4.79 Å². The van der Waals surface area contributed by atoms with Crippen LogP contribution in [0.2, 0.25) is 0 Å². The van der Waals surface area contributed by atoms with Crippen molar-refractivity contribution in [1.82, 2.24) is 0 Å². The van der Waals surface area contributed by atoms with Crippen LogP contribution in [0, 0.1) is 0 Å². The summed E-state index contributed by atoms with van der Waals surface area (Å²) in [6.45, 7) is 0.242. The minimum absolute atomic E-state index is 0.0691. The maximum Gasteiger partial charge on any atom is 0.231 e. The average molecular weight is 487 g/mol. The van der Waals surface area contributed by atoms with Gasteiger partial charge in [0.15, 0.2) is 17.3 Å². The fourth-order valence-corrected chi connectivity index (χ4v) is 5.64. The molecular weight excluding hydrogens is 460 g/mol. The van der Waals surface area contributed by atoms with Crippen LogP contribution in [0.5, 0.6) is 11.5 Å². The summed E-state index contributed by atoms with van der Waals surface area (Å²) >= 11 is 0. The monoisotopic (exact) mass is 486 g/mol. The molecule has 37 heavy (non-hydrogen) atoms. The van der Waals surface area contributed by atoms with E-state index in [0.29, 0.717) is 6.42 Å². The molecule has 0 bridgehead atoms.